The smallest absolute Gasteiger partial charge is 0.0642 e. The Hall–Kier alpha value is -6.84. The first-order valence-corrected chi connectivity index (χ1v) is 17.6. The Morgan fingerprint density at radius 1 is 0.275 bits per heavy atom. The molecule has 0 aliphatic carbocycles. The van der Waals surface area contributed by atoms with E-state index in [4.69, 9.17) is 0 Å². The second-order valence-electron chi connectivity index (χ2n) is 13.7. The number of rotatable bonds is 3. The molecule has 0 N–H and O–H groups in total. The Kier molecular flexibility index (Phi) is 5.23. The molecule has 0 aliphatic heterocycles. The summed E-state index contributed by atoms with van der Waals surface area (Å²) >= 11 is 0. The monoisotopic (exact) mass is 647 g/mol. The number of benzene rings is 8. The fourth-order valence-corrected chi connectivity index (χ4v) is 9.04. The molecule has 0 saturated carbocycles. The molecule has 0 spiro atoms. The lowest BCUT2D eigenvalue weighted by atomic mass is 9.99. The highest BCUT2D eigenvalue weighted by atomic mass is 15.0. The molecule has 0 saturated heterocycles. The van der Waals surface area contributed by atoms with Gasteiger partial charge in [0.05, 0.1) is 38.6 Å². The van der Waals surface area contributed by atoms with Crippen LogP contribution in [0.4, 0.5) is 0 Å². The lowest BCUT2D eigenvalue weighted by molar-refractivity contribution is 1.18. The summed E-state index contributed by atoms with van der Waals surface area (Å²) in [5.74, 6) is 0. The molecule has 51 heavy (non-hydrogen) atoms. The normalized spacial score (nSPS) is 12.3. The number of nitrogens with zero attached hydrogens (tertiary/aromatic N) is 3. The first-order valence-electron chi connectivity index (χ1n) is 17.6. The van der Waals surface area contributed by atoms with Crippen molar-refractivity contribution in [2.24, 2.45) is 0 Å². The maximum atomic E-state index is 2.49. The van der Waals surface area contributed by atoms with E-state index in [9.17, 15) is 0 Å². The van der Waals surface area contributed by atoms with Crippen LogP contribution in [0, 0.1) is 0 Å². The third kappa shape index (κ3) is 3.52. The third-order valence-corrected chi connectivity index (χ3v) is 11.1. The van der Waals surface area contributed by atoms with Crippen molar-refractivity contribution in [3.8, 4) is 22.5 Å². The average Bonchev–Trinajstić information content (AvgIpc) is 3.92. The van der Waals surface area contributed by atoms with Gasteiger partial charge >= 0.3 is 0 Å². The van der Waals surface area contributed by atoms with Gasteiger partial charge in [0, 0.05) is 54.5 Å². The predicted octanol–water partition coefficient (Wildman–Crippen LogP) is 12.7. The second-order valence-corrected chi connectivity index (χ2v) is 13.7. The molecular formula is C48H29N3. The largest absolute Gasteiger partial charge is 0.309 e. The standard InChI is InChI=1S/C48H29N3/c1-3-13-32(14-4-1)49-41-20-10-7-17-34(41)37-27-30(23-25-44(37)49)31-24-26-45-38(28-31)40-29-39-35-18-8-11-21-42(35)51-43-22-12-9-19-36(43)46(48(39)51)47(40)50(45)33-15-5-2-6-16-33/h1-29H. The quantitative estimate of drug-likeness (QED) is 0.181. The van der Waals surface area contributed by atoms with E-state index in [0.29, 0.717) is 0 Å². The Balaban J connectivity index is 1.20. The van der Waals surface area contributed by atoms with E-state index in [1.165, 1.54) is 104 Å². The van der Waals surface area contributed by atoms with Crippen LogP contribution in [0.2, 0.25) is 0 Å². The van der Waals surface area contributed by atoms with Crippen LogP contribution in [-0.4, -0.2) is 13.5 Å². The van der Waals surface area contributed by atoms with Crippen LogP contribution in [0.1, 0.15) is 0 Å². The van der Waals surface area contributed by atoms with E-state index in [1.54, 1.807) is 0 Å². The number of hydrogen-bond acceptors (Lipinski definition) is 0. The Labute approximate surface area is 292 Å². The molecule has 0 atom stereocenters. The van der Waals surface area contributed by atoms with Gasteiger partial charge in [-0.25, -0.2) is 0 Å². The highest BCUT2D eigenvalue weighted by Gasteiger charge is 2.24. The molecule has 0 amide bonds. The summed E-state index contributed by atoms with van der Waals surface area (Å²) in [7, 11) is 0. The van der Waals surface area contributed by atoms with E-state index in [1.807, 2.05) is 0 Å². The van der Waals surface area contributed by atoms with Gasteiger partial charge in [-0.15, -0.1) is 0 Å². The zero-order chi connectivity index (χ0) is 33.2. The molecule has 4 aromatic heterocycles. The second kappa shape index (κ2) is 9.87. The van der Waals surface area contributed by atoms with Gasteiger partial charge in [0.1, 0.15) is 0 Å². The van der Waals surface area contributed by atoms with E-state index in [0.717, 1.165) is 0 Å². The lowest BCUT2D eigenvalue weighted by Gasteiger charge is -2.10. The first kappa shape index (κ1) is 27.0. The van der Waals surface area contributed by atoms with Gasteiger partial charge in [-0.05, 0) is 83.9 Å². The maximum absolute atomic E-state index is 2.49. The maximum Gasteiger partial charge on any atom is 0.0642 e. The van der Waals surface area contributed by atoms with Gasteiger partial charge in [-0.2, -0.15) is 0 Å². The van der Waals surface area contributed by atoms with Gasteiger partial charge in [0.2, 0.25) is 0 Å². The zero-order valence-corrected chi connectivity index (χ0v) is 27.6. The Bertz CT molecular complexity index is 3340. The van der Waals surface area contributed by atoms with Crippen molar-refractivity contribution < 1.29 is 0 Å². The van der Waals surface area contributed by atoms with Crippen LogP contribution >= 0.6 is 0 Å². The Morgan fingerprint density at radius 2 is 0.725 bits per heavy atom. The summed E-state index contributed by atoms with van der Waals surface area (Å²) in [6.45, 7) is 0. The number of para-hydroxylation sites is 5. The molecule has 3 heteroatoms. The molecule has 12 aromatic rings. The van der Waals surface area contributed by atoms with E-state index >= 15 is 0 Å². The molecule has 0 radical (unpaired) electrons. The summed E-state index contributed by atoms with van der Waals surface area (Å²) in [5, 5.41) is 10.3. The first-order chi connectivity index (χ1) is 25.3. The van der Waals surface area contributed by atoms with E-state index in [-0.39, 0.29) is 0 Å². The lowest BCUT2D eigenvalue weighted by Crippen LogP contribution is -1.94. The average molecular weight is 648 g/mol. The van der Waals surface area contributed by atoms with Crippen LogP contribution in [0.3, 0.4) is 0 Å². The van der Waals surface area contributed by atoms with Crippen LogP contribution in [0.25, 0.3) is 104 Å². The predicted molar refractivity (Wildman–Crippen MR) is 215 cm³/mol. The third-order valence-electron chi connectivity index (χ3n) is 11.1. The van der Waals surface area contributed by atoms with Crippen molar-refractivity contribution in [2.45, 2.75) is 0 Å². The minimum absolute atomic E-state index is 1.17. The minimum atomic E-state index is 1.17. The number of aromatic nitrogens is 3. The molecule has 0 fully saturated rings. The van der Waals surface area contributed by atoms with E-state index < -0.39 is 0 Å². The van der Waals surface area contributed by atoms with Gasteiger partial charge < -0.3 is 13.5 Å². The number of fused-ring (bicyclic) bond motifs is 13. The molecule has 12 rings (SSSR count). The summed E-state index contributed by atoms with van der Waals surface area (Å²) < 4.78 is 7.35. The summed E-state index contributed by atoms with van der Waals surface area (Å²) in [4.78, 5) is 0. The van der Waals surface area contributed by atoms with Crippen molar-refractivity contribution >= 4 is 81.7 Å². The van der Waals surface area contributed by atoms with Crippen LogP contribution in [-0.2, 0) is 0 Å². The molecule has 8 aromatic carbocycles. The molecule has 4 heterocycles. The van der Waals surface area contributed by atoms with Crippen LogP contribution in [0.15, 0.2) is 176 Å². The zero-order valence-electron chi connectivity index (χ0n) is 27.6. The van der Waals surface area contributed by atoms with Crippen LogP contribution in [0.5, 0.6) is 0 Å². The SMILES string of the molecule is c1ccc(-n2c3ccccc3c3cc(-c4ccc5c(c4)c4cc6c7ccccc7n7c8ccccc8c(c4n5-c4ccccc4)c67)ccc32)cc1. The van der Waals surface area contributed by atoms with Crippen LogP contribution < -0.4 is 0 Å². The minimum Gasteiger partial charge on any atom is -0.309 e. The number of hydrogen-bond donors (Lipinski definition) is 0. The van der Waals surface area contributed by atoms with E-state index in [2.05, 4.69) is 189 Å². The fraction of sp³-hybridized carbons (Fsp3) is 0. The van der Waals surface area contributed by atoms with Gasteiger partial charge in [0.15, 0.2) is 0 Å². The topological polar surface area (TPSA) is 14.3 Å². The molecule has 3 nitrogen and oxygen atoms in total. The van der Waals surface area contributed by atoms with Gasteiger partial charge in [0.25, 0.3) is 0 Å². The summed E-state index contributed by atoms with van der Waals surface area (Å²) in [6.07, 6.45) is 0. The Morgan fingerprint density at radius 3 is 1.39 bits per heavy atom. The molecule has 0 unspecified atom stereocenters. The van der Waals surface area contributed by atoms with Gasteiger partial charge in [-0.3, -0.25) is 0 Å². The highest BCUT2D eigenvalue weighted by Crippen LogP contribution is 2.47. The van der Waals surface area contributed by atoms with Crippen molar-refractivity contribution in [3.63, 3.8) is 0 Å². The highest BCUT2D eigenvalue weighted by molar-refractivity contribution is 6.34. The summed E-state index contributed by atoms with van der Waals surface area (Å²) in [6, 6.07) is 64.6. The molecular weight excluding hydrogens is 619 g/mol. The molecule has 0 aliphatic rings. The summed E-state index contributed by atoms with van der Waals surface area (Å²) in [5.41, 5.74) is 13.5. The molecule has 236 valence electrons. The van der Waals surface area contributed by atoms with Crippen molar-refractivity contribution in [1.82, 2.24) is 13.5 Å². The van der Waals surface area contributed by atoms with Crippen molar-refractivity contribution in [1.29, 1.82) is 0 Å². The van der Waals surface area contributed by atoms with Gasteiger partial charge in [-0.1, -0.05) is 103 Å². The molecule has 0 bridgehead atoms. The fourth-order valence-electron chi connectivity index (χ4n) is 9.04. The van der Waals surface area contributed by atoms with Crippen molar-refractivity contribution in [3.05, 3.63) is 176 Å². The van der Waals surface area contributed by atoms with Crippen molar-refractivity contribution in [2.75, 3.05) is 0 Å².